The minimum absolute atomic E-state index is 0.348. The van der Waals surface area contributed by atoms with Gasteiger partial charge in [-0.2, -0.15) is 0 Å². The second-order valence-corrected chi connectivity index (χ2v) is 4.84. The summed E-state index contributed by atoms with van der Waals surface area (Å²) in [6.45, 7) is 1.30. The first-order valence-corrected chi connectivity index (χ1v) is 6.73. The molecule has 0 fully saturated rings. The molecule has 2 aromatic carbocycles. The van der Waals surface area contributed by atoms with Crippen LogP contribution < -0.4 is 21.1 Å². The largest absolute Gasteiger partial charge is 0.427 e. The highest BCUT2D eigenvalue weighted by molar-refractivity contribution is 6.33. The molecule has 0 atom stereocenters. The first-order chi connectivity index (χ1) is 10.4. The lowest BCUT2D eigenvalue weighted by atomic mass is 10.3. The molecule has 2 aromatic rings. The van der Waals surface area contributed by atoms with Crippen molar-refractivity contribution in [2.45, 2.75) is 6.92 Å². The van der Waals surface area contributed by atoms with E-state index in [0.29, 0.717) is 27.8 Å². The van der Waals surface area contributed by atoms with Crippen molar-refractivity contribution in [3.05, 3.63) is 47.5 Å². The average molecular weight is 320 g/mol. The fourth-order valence-corrected chi connectivity index (χ4v) is 1.88. The van der Waals surface area contributed by atoms with Crippen molar-refractivity contribution in [3.8, 4) is 5.75 Å². The monoisotopic (exact) mass is 319 g/mol. The molecule has 0 unspecified atom stereocenters. The molecule has 0 spiro atoms. The zero-order valence-electron chi connectivity index (χ0n) is 11.7. The number of ether oxygens (including phenoxy) is 1. The summed E-state index contributed by atoms with van der Waals surface area (Å²) in [5, 5.41) is 5.60. The number of carbonyl (C=O) groups excluding carboxylic acids is 2. The van der Waals surface area contributed by atoms with Gasteiger partial charge in [-0.3, -0.25) is 4.79 Å². The van der Waals surface area contributed by atoms with Crippen molar-refractivity contribution in [2.24, 2.45) is 0 Å². The zero-order chi connectivity index (χ0) is 16.1. The molecule has 4 N–H and O–H groups in total. The minimum atomic E-state index is -0.458. The first kappa shape index (κ1) is 15.7. The van der Waals surface area contributed by atoms with Crippen molar-refractivity contribution >= 4 is 40.7 Å². The van der Waals surface area contributed by atoms with E-state index < -0.39 is 12.0 Å². The van der Waals surface area contributed by atoms with Gasteiger partial charge in [0.05, 0.1) is 10.7 Å². The van der Waals surface area contributed by atoms with Gasteiger partial charge in [-0.25, -0.2) is 4.79 Å². The van der Waals surface area contributed by atoms with E-state index >= 15 is 0 Å². The Labute approximate surface area is 132 Å². The molecule has 0 radical (unpaired) electrons. The molecule has 0 saturated carbocycles. The number of esters is 1. The van der Waals surface area contributed by atoms with Gasteiger partial charge in [0.25, 0.3) is 0 Å². The van der Waals surface area contributed by atoms with E-state index in [-0.39, 0.29) is 0 Å². The Morgan fingerprint density at radius 2 is 1.77 bits per heavy atom. The van der Waals surface area contributed by atoms with Crippen molar-refractivity contribution in [1.82, 2.24) is 0 Å². The number of carbonyl (C=O) groups is 2. The van der Waals surface area contributed by atoms with Gasteiger partial charge in [-0.05, 0) is 30.3 Å². The third-order valence-electron chi connectivity index (χ3n) is 2.61. The topological polar surface area (TPSA) is 93.4 Å². The van der Waals surface area contributed by atoms with E-state index in [2.05, 4.69) is 10.6 Å². The van der Waals surface area contributed by atoms with Crippen LogP contribution in [0.1, 0.15) is 6.92 Å². The fourth-order valence-electron chi connectivity index (χ4n) is 1.70. The molecule has 2 rings (SSSR count). The number of benzene rings is 2. The molecular formula is C15H14ClN3O3. The molecule has 22 heavy (non-hydrogen) atoms. The quantitative estimate of drug-likeness (QED) is 0.458. The number of hydrogen-bond acceptors (Lipinski definition) is 4. The SMILES string of the molecule is CC(=O)Oc1cccc(NC(=O)Nc2ccc(N)c(Cl)c2)c1. The third-order valence-corrected chi connectivity index (χ3v) is 2.94. The maximum atomic E-state index is 11.9. The van der Waals surface area contributed by atoms with Crippen molar-refractivity contribution in [3.63, 3.8) is 0 Å². The van der Waals surface area contributed by atoms with Gasteiger partial charge >= 0.3 is 12.0 Å². The van der Waals surface area contributed by atoms with Crippen molar-refractivity contribution < 1.29 is 14.3 Å². The van der Waals surface area contributed by atoms with Crippen LogP contribution in [0.25, 0.3) is 0 Å². The van der Waals surface area contributed by atoms with Gasteiger partial charge in [-0.15, -0.1) is 0 Å². The lowest BCUT2D eigenvalue weighted by Gasteiger charge is -2.09. The number of urea groups is 1. The van der Waals surface area contributed by atoms with Gasteiger partial charge in [0, 0.05) is 24.4 Å². The zero-order valence-corrected chi connectivity index (χ0v) is 12.5. The van der Waals surface area contributed by atoms with Crippen LogP contribution in [0.15, 0.2) is 42.5 Å². The van der Waals surface area contributed by atoms with Crippen LogP contribution in [-0.4, -0.2) is 12.0 Å². The Balaban J connectivity index is 2.02. The van der Waals surface area contributed by atoms with E-state index in [1.807, 2.05) is 0 Å². The Morgan fingerprint density at radius 1 is 1.09 bits per heavy atom. The Hall–Kier alpha value is -2.73. The summed E-state index contributed by atoms with van der Waals surface area (Å²) < 4.78 is 4.94. The summed E-state index contributed by atoms with van der Waals surface area (Å²) in [6, 6.07) is 10.8. The Bertz CT molecular complexity index is 719. The fraction of sp³-hybridized carbons (Fsp3) is 0.0667. The van der Waals surface area contributed by atoms with Crippen LogP contribution in [0.3, 0.4) is 0 Å². The Morgan fingerprint density at radius 3 is 2.41 bits per heavy atom. The van der Waals surface area contributed by atoms with Gasteiger partial charge in [-0.1, -0.05) is 17.7 Å². The molecule has 0 aliphatic heterocycles. The van der Waals surface area contributed by atoms with Crippen molar-refractivity contribution in [1.29, 1.82) is 0 Å². The summed E-state index contributed by atoms with van der Waals surface area (Å²) in [7, 11) is 0. The lowest BCUT2D eigenvalue weighted by molar-refractivity contribution is -0.131. The summed E-state index contributed by atoms with van der Waals surface area (Å²) >= 11 is 5.88. The Kier molecular flexibility index (Phi) is 4.85. The lowest BCUT2D eigenvalue weighted by Crippen LogP contribution is -2.19. The smallest absolute Gasteiger partial charge is 0.323 e. The number of anilines is 3. The predicted molar refractivity (Wildman–Crippen MR) is 86.3 cm³/mol. The second-order valence-electron chi connectivity index (χ2n) is 4.44. The van der Waals surface area contributed by atoms with Gasteiger partial charge in [0.15, 0.2) is 0 Å². The molecule has 0 aliphatic carbocycles. The third kappa shape index (κ3) is 4.39. The number of nitrogens with two attached hydrogens (primary N) is 1. The maximum absolute atomic E-state index is 11.9. The number of nitrogens with one attached hydrogen (secondary N) is 2. The normalized spacial score (nSPS) is 9.91. The molecule has 7 heteroatoms. The molecule has 0 aromatic heterocycles. The molecule has 6 nitrogen and oxygen atoms in total. The van der Waals surface area contributed by atoms with Gasteiger partial charge < -0.3 is 21.1 Å². The highest BCUT2D eigenvalue weighted by atomic mass is 35.5. The standard InChI is InChI=1S/C15H14ClN3O3/c1-9(20)22-12-4-2-3-10(7-12)18-15(21)19-11-5-6-14(17)13(16)8-11/h2-8H,17H2,1H3,(H2,18,19,21). The van der Waals surface area contributed by atoms with Crippen LogP contribution >= 0.6 is 11.6 Å². The van der Waals surface area contributed by atoms with Crippen LogP contribution in [0.2, 0.25) is 5.02 Å². The molecular weight excluding hydrogens is 306 g/mol. The summed E-state index contributed by atoms with van der Waals surface area (Å²) in [5.41, 5.74) is 7.02. The van der Waals surface area contributed by atoms with E-state index in [1.165, 1.54) is 13.0 Å². The van der Waals surface area contributed by atoms with Crippen LogP contribution in [-0.2, 0) is 4.79 Å². The summed E-state index contributed by atoms with van der Waals surface area (Å²) in [6.07, 6.45) is 0. The number of nitrogen functional groups attached to an aromatic ring is 1. The number of hydrogen-bond donors (Lipinski definition) is 3. The summed E-state index contributed by atoms with van der Waals surface area (Å²) in [4.78, 5) is 22.8. The van der Waals surface area contributed by atoms with E-state index in [0.717, 1.165) is 0 Å². The van der Waals surface area contributed by atoms with E-state index in [1.54, 1.807) is 36.4 Å². The van der Waals surface area contributed by atoms with Crippen LogP contribution in [0.4, 0.5) is 21.9 Å². The van der Waals surface area contributed by atoms with Gasteiger partial charge in [0.1, 0.15) is 5.75 Å². The molecule has 0 bridgehead atoms. The maximum Gasteiger partial charge on any atom is 0.323 e. The first-order valence-electron chi connectivity index (χ1n) is 6.35. The molecule has 114 valence electrons. The second kappa shape index (κ2) is 6.82. The van der Waals surface area contributed by atoms with Crippen LogP contribution in [0.5, 0.6) is 5.75 Å². The van der Waals surface area contributed by atoms with Crippen molar-refractivity contribution in [2.75, 3.05) is 16.4 Å². The highest BCUT2D eigenvalue weighted by Crippen LogP contribution is 2.23. The molecule has 2 amide bonds. The molecule has 0 saturated heterocycles. The highest BCUT2D eigenvalue weighted by Gasteiger charge is 2.06. The molecule has 0 aliphatic rings. The van der Waals surface area contributed by atoms with E-state index in [9.17, 15) is 9.59 Å². The predicted octanol–water partition coefficient (Wildman–Crippen LogP) is 3.49. The summed E-state index contributed by atoms with van der Waals surface area (Å²) in [5.74, 6) is -0.0843. The number of rotatable bonds is 3. The van der Waals surface area contributed by atoms with Gasteiger partial charge in [0.2, 0.25) is 0 Å². The van der Waals surface area contributed by atoms with Crippen LogP contribution in [0, 0.1) is 0 Å². The number of halogens is 1. The minimum Gasteiger partial charge on any atom is -0.427 e. The average Bonchev–Trinajstić information content (AvgIpc) is 2.42. The number of amides is 2. The molecule has 0 heterocycles. The van der Waals surface area contributed by atoms with E-state index in [4.69, 9.17) is 22.1 Å².